The van der Waals surface area contributed by atoms with Crippen LogP contribution in [0.25, 0.3) is 0 Å². The van der Waals surface area contributed by atoms with Crippen LogP contribution in [0.4, 0.5) is 4.79 Å². The number of hydrogen-bond donors (Lipinski definition) is 0. The SMILES string of the molecule is C=CCOC(=O)[PH](=O)OCC. The molecule has 0 spiro atoms. The van der Waals surface area contributed by atoms with Crippen molar-refractivity contribution >= 4 is 13.7 Å². The Bertz CT molecular complexity index is 166. The average molecular weight is 178 g/mol. The van der Waals surface area contributed by atoms with Crippen molar-refractivity contribution in [3.05, 3.63) is 12.7 Å². The number of carbonyl (C=O) groups excluding carboxylic acids is 1. The molecule has 0 amide bonds. The maximum Gasteiger partial charge on any atom is 0.388 e. The van der Waals surface area contributed by atoms with Crippen LogP contribution in [-0.2, 0) is 13.8 Å². The van der Waals surface area contributed by atoms with Crippen LogP contribution >= 0.6 is 8.03 Å². The van der Waals surface area contributed by atoms with E-state index in [1.807, 2.05) is 0 Å². The molecule has 0 bridgehead atoms. The van der Waals surface area contributed by atoms with Gasteiger partial charge in [0.1, 0.15) is 6.61 Å². The van der Waals surface area contributed by atoms with Gasteiger partial charge >= 0.3 is 5.71 Å². The van der Waals surface area contributed by atoms with E-state index >= 15 is 0 Å². The van der Waals surface area contributed by atoms with Crippen molar-refractivity contribution < 1.29 is 18.6 Å². The van der Waals surface area contributed by atoms with Crippen LogP contribution in [0.2, 0.25) is 0 Å². The third-order valence-corrected chi connectivity index (χ3v) is 1.80. The van der Waals surface area contributed by atoms with Crippen molar-refractivity contribution in [2.75, 3.05) is 13.2 Å². The summed E-state index contributed by atoms with van der Waals surface area (Å²) in [6.45, 7) is 5.31. The minimum atomic E-state index is -2.65. The van der Waals surface area contributed by atoms with Gasteiger partial charge in [-0.25, -0.2) is 4.79 Å². The molecule has 0 fully saturated rings. The Balaban J connectivity index is 3.64. The quantitative estimate of drug-likeness (QED) is 0.476. The Labute approximate surface area is 66.1 Å². The first-order valence-corrected chi connectivity index (χ1v) is 4.48. The van der Waals surface area contributed by atoms with E-state index in [4.69, 9.17) is 0 Å². The number of ether oxygens (including phenoxy) is 1. The maximum atomic E-state index is 10.7. The zero-order valence-corrected chi connectivity index (χ0v) is 7.33. The van der Waals surface area contributed by atoms with Crippen molar-refractivity contribution in [3.63, 3.8) is 0 Å². The van der Waals surface area contributed by atoms with Crippen molar-refractivity contribution in [3.8, 4) is 0 Å². The third-order valence-electron chi connectivity index (χ3n) is 0.774. The number of carbonyl (C=O) groups is 1. The van der Waals surface area contributed by atoms with Gasteiger partial charge in [0.25, 0.3) is 8.03 Å². The van der Waals surface area contributed by atoms with E-state index in [-0.39, 0.29) is 13.2 Å². The lowest BCUT2D eigenvalue weighted by Gasteiger charge is -2.00. The molecule has 0 aliphatic heterocycles. The fraction of sp³-hybridized carbons (Fsp3) is 0.500. The second kappa shape index (κ2) is 6.13. The highest BCUT2D eigenvalue weighted by molar-refractivity contribution is 7.58. The molecule has 0 saturated carbocycles. The predicted molar refractivity (Wildman–Crippen MR) is 42.2 cm³/mol. The molecule has 11 heavy (non-hydrogen) atoms. The highest BCUT2D eigenvalue weighted by Crippen LogP contribution is 2.24. The largest absolute Gasteiger partial charge is 0.454 e. The zero-order chi connectivity index (χ0) is 8.69. The van der Waals surface area contributed by atoms with Crippen molar-refractivity contribution in [2.45, 2.75) is 6.92 Å². The Morgan fingerprint density at radius 3 is 2.82 bits per heavy atom. The van der Waals surface area contributed by atoms with Crippen LogP contribution in [0, 0.1) is 0 Å². The normalized spacial score (nSPS) is 12.1. The van der Waals surface area contributed by atoms with Gasteiger partial charge in [0.05, 0.1) is 6.61 Å². The van der Waals surface area contributed by atoms with Crippen LogP contribution in [0.5, 0.6) is 0 Å². The Hall–Kier alpha value is -0.600. The lowest BCUT2D eigenvalue weighted by molar-refractivity contribution is 0.180. The standard InChI is InChI=1S/C6H11O4P/c1-3-5-9-6(7)11(8)10-4-2/h3,11H,1,4-5H2,2H3. The fourth-order valence-electron chi connectivity index (χ4n) is 0.384. The van der Waals surface area contributed by atoms with Gasteiger partial charge in [-0.3, -0.25) is 4.57 Å². The lowest BCUT2D eigenvalue weighted by Crippen LogP contribution is -1.98. The van der Waals surface area contributed by atoms with Gasteiger partial charge in [0.15, 0.2) is 0 Å². The highest BCUT2D eigenvalue weighted by Gasteiger charge is 2.11. The molecule has 0 aliphatic rings. The summed E-state index contributed by atoms with van der Waals surface area (Å²) in [6.07, 6.45) is 1.40. The second-order valence-electron chi connectivity index (χ2n) is 1.61. The molecule has 1 atom stereocenters. The van der Waals surface area contributed by atoms with E-state index in [0.717, 1.165) is 0 Å². The summed E-state index contributed by atoms with van der Waals surface area (Å²) in [6, 6.07) is 0. The summed E-state index contributed by atoms with van der Waals surface area (Å²) in [5.41, 5.74) is -0.795. The lowest BCUT2D eigenvalue weighted by atomic mass is 10.7. The molecular weight excluding hydrogens is 167 g/mol. The van der Waals surface area contributed by atoms with Crippen LogP contribution < -0.4 is 0 Å². The minimum Gasteiger partial charge on any atom is -0.454 e. The number of rotatable bonds is 5. The molecule has 0 rings (SSSR count). The van der Waals surface area contributed by atoms with Gasteiger partial charge in [-0.1, -0.05) is 12.7 Å². The molecule has 0 N–H and O–H groups in total. The molecule has 0 aromatic rings. The van der Waals surface area contributed by atoms with Gasteiger partial charge < -0.3 is 9.26 Å². The second-order valence-corrected chi connectivity index (χ2v) is 2.88. The smallest absolute Gasteiger partial charge is 0.388 e. The minimum absolute atomic E-state index is 0.0717. The molecule has 0 heterocycles. The number of hydrogen-bond acceptors (Lipinski definition) is 4. The molecule has 1 unspecified atom stereocenters. The van der Waals surface area contributed by atoms with E-state index < -0.39 is 13.7 Å². The van der Waals surface area contributed by atoms with Crippen molar-refractivity contribution in [2.24, 2.45) is 0 Å². The summed E-state index contributed by atoms with van der Waals surface area (Å²) < 4.78 is 19.7. The van der Waals surface area contributed by atoms with Crippen molar-refractivity contribution in [1.29, 1.82) is 0 Å². The van der Waals surface area contributed by atoms with E-state index in [9.17, 15) is 9.36 Å². The summed E-state index contributed by atoms with van der Waals surface area (Å²) in [7, 11) is -2.65. The summed E-state index contributed by atoms with van der Waals surface area (Å²) in [5, 5.41) is 0. The first-order valence-electron chi connectivity index (χ1n) is 3.17. The molecular formula is C6H11O4P. The van der Waals surface area contributed by atoms with Crippen molar-refractivity contribution in [1.82, 2.24) is 0 Å². The zero-order valence-electron chi connectivity index (χ0n) is 6.33. The average Bonchev–Trinajstić information content (AvgIpc) is 2.00. The van der Waals surface area contributed by atoms with Gasteiger partial charge in [0.2, 0.25) is 0 Å². The molecule has 4 nitrogen and oxygen atoms in total. The van der Waals surface area contributed by atoms with Crippen LogP contribution in [-0.4, -0.2) is 18.9 Å². The van der Waals surface area contributed by atoms with E-state index in [0.29, 0.717) is 0 Å². The third kappa shape index (κ3) is 4.76. The molecule has 0 radical (unpaired) electrons. The monoisotopic (exact) mass is 178 g/mol. The highest BCUT2D eigenvalue weighted by atomic mass is 31.1. The molecule has 64 valence electrons. The Kier molecular flexibility index (Phi) is 5.80. The summed E-state index contributed by atoms with van der Waals surface area (Å²) >= 11 is 0. The predicted octanol–water partition coefficient (Wildman–Crippen LogP) is 1.82. The Morgan fingerprint density at radius 1 is 1.73 bits per heavy atom. The topological polar surface area (TPSA) is 52.6 Å². The van der Waals surface area contributed by atoms with Crippen LogP contribution in [0.15, 0.2) is 12.7 Å². The van der Waals surface area contributed by atoms with Gasteiger partial charge in [-0.05, 0) is 6.92 Å². The fourth-order valence-corrected chi connectivity index (χ4v) is 0.965. The van der Waals surface area contributed by atoms with Gasteiger partial charge in [0, 0.05) is 0 Å². The van der Waals surface area contributed by atoms with E-state index in [1.165, 1.54) is 6.08 Å². The maximum absolute atomic E-state index is 10.7. The van der Waals surface area contributed by atoms with E-state index in [2.05, 4.69) is 15.8 Å². The summed E-state index contributed by atoms with van der Waals surface area (Å²) in [5.74, 6) is 0. The Morgan fingerprint density at radius 2 is 2.36 bits per heavy atom. The van der Waals surface area contributed by atoms with Gasteiger partial charge in [-0.15, -0.1) is 0 Å². The molecule has 5 heteroatoms. The first-order chi connectivity index (χ1) is 5.22. The van der Waals surface area contributed by atoms with Crippen LogP contribution in [0.1, 0.15) is 6.92 Å². The molecule has 0 saturated heterocycles. The van der Waals surface area contributed by atoms with Crippen LogP contribution in [0.3, 0.4) is 0 Å². The summed E-state index contributed by atoms with van der Waals surface area (Å²) in [4.78, 5) is 10.6. The van der Waals surface area contributed by atoms with E-state index in [1.54, 1.807) is 6.92 Å². The van der Waals surface area contributed by atoms with Gasteiger partial charge in [-0.2, -0.15) is 0 Å². The molecule has 0 aromatic heterocycles. The molecule has 0 aromatic carbocycles. The molecule has 0 aliphatic carbocycles. The first kappa shape index (κ1) is 10.4.